The molecule has 2 aliphatic rings. The molecule has 0 unspecified atom stereocenters. The van der Waals surface area contributed by atoms with E-state index in [1.165, 1.54) is 5.56 Å². The minimum absolute atomic E-state index is 0.00806. The lowest BCUT2D eigenvalue weighted by molar-refractivity contribution is -0.181. The Labute approximate surface area is 153 Å². The number of pyridine rings is 1. The number of ether oxygens (including phenoxy) is 2. The molecule has 4 rings (SSSR count). The standard InChI is InChI=1S/C20H23N3O3/c24-19(23-8-6-20(7-9-23)25-10-11-26-20)17-12-18(15-21-14-17)22-13-16-4-2-1-3-5-16/h1-5,12,14-15,22H,6-11,13H2. The summed E-state index contributed by atoms with van der Waals surface area (Å²) >= 11 is 0. The molecule has 3 heterocycles. The summed E-state index contributed by atoms with van der Waals surface area (Å²) in [7, 11) is 0. The van der Waals surface area contributed by atoms with Crippen molar-refractivity contribution in [2.45, 2.75) is 25.2 Å². The number of nitrogens with zero attached hydrogens (tertiary/aromatic N) is 2. The van der Waals surface area contributed by atoms with Crippen molar-refractivity contribution in [2.75, 3.05) is 31.6 Å². The molecule has 0 aliphatic carbocycles. The van der Waals surface area contributed by atoms with Gasteiger partial charge in [0.1, 0.15) is 0 Å². The Balaban J connectivity index is 1.37. The zero-order chi connectivity index (χ0) is 17.8. The first-order chi connectivity index (χ1) is 12.7. The van der Waals surface area contributed by atoms with Crippen LogP contribution in [0.2, 0.25) is 0 Å². The van der Waals surface area contributed by atoms with Crippen LogP contribution in [0.4, 0.5) is 5.69 Å². The fraction of sp³-hybridized carbons (Fsp3) is 0.400. The van der Waals surface area contributed by atoms with E-state index in [1.807, 2.05) is 29.2 Å². The van der Waals surface area contributed by atoms with Gasteiger partial charge in [-0.15, -0.1) is 0 Å². The normalized spacial score (nSPS) is 18.8. The number of benzene rings is 1. The van der Waals surface area contributed by atoms with Crippen LogP contribution in [0.15, 0.2) is 48.8 Å². The third kappa shape index (κ3) is 3.71. The maximum absolute atomic E-state index is 12.8. The van der Waals surface area contributed by atoms with Crippen molar-refractivity contribution in [1.82, 2.24) is 9.88 Å². The van der Waals surface area contributed by atoms with Crippen LogP contribution in [0, 0.1) is 0 Å². The Morgan fingerprint density at radius 2 is 1.85 bits per heavy atom. The number of anilines is 1. The molecule has 0 saturated carbocycles. The van der Waals surface area contributed by atoms with E-state index in [2.05, 4.69) is 22.4 Å². The van der Waals surface area contributed by atoms with Crippen LogP contribution in [0.3, 0.4) is 0 Å². The van der Waals surface area contributed by atoms with Gasteiger partial charge in [-0.3, -0.25) is 9.78 Å². The summed E-state index contributed by atoms with van der Waals surface area (Å²) in [6.07, 6.45) is 4.81. The second kappa shape index (κ2) is 7.43. The van der Waals surface area contributed by atoms with Gasteiger partial charge in [0.05, 0.1) is 24.5 Å². The number of hydrogen-bond donors (Lipinski definition) is 1. The van der Waals surface area contributed by atoms with Gasteiger partial charge < -0.3 is 19.7 Å². The molecule has 26 heavy (non-hydrogen) atoms. The molecule has 1 aromatic heterocycles. The molecular weight excluding hydrogens is 330 g/mol. The Hall–Kier alpha value is -2.44. The van der Waals surface area contributed by atoms with Gasteiger partial charge in [-0.05, 0) is 11.6 Å². The molecule has 2 aliphatic heterocycles. The number of hydrogen-bond acceptors (Lipinski definition) is 5. The molecule has 1 N–H and O–H groups in total. The van der Waals surface area contributed by atoms with E-state index in [4.69, 9.17) is 9.47 Å². The molecule has 6 heteroatoms. The molecule has 1 aromatic carbocycles. The van der Waals surface area contributed by atoms with Gasteiger partial charge in [0.15, 0.2) is 5.79 Å². The van der Waals surface area contributed by atoms with Gasteiger partial charge in [-0.2, -0.15) is 0 Å². The van der Waals surface area contributed by atoms with E-state index in [1.54, 1.807) is 12.4 Å². The molecular formula is C20H23N3O3. The third-order valence-electron chi connectivity index (χ3n) is 4.95. The van der Waals surface area contributed by atoms with Crippen LogP contribution in [-0.4, -0.2) is 47.9 Å². The van der Waals surface area contributed by atoms with Crippen LogP contribution in [0.1, 0.15) is 28.8 Å². The Kier molecular flexibility index (Phi) is 4.86. The average Bonchev–Trinajstić information content (AvgIpc) is 3.15. The topological polar surface area (TPSA) is 63.7 Å². The van der Waals surface area contributed by atoms with Gasteiger partial charge in [0.25, 0.3) is 5.91 Å². The van der Waals surface area contributed by atoms with Gasteiger partial charge in [-0.25, -0.2) is 0 Å². The SMILES string of the molecule is O=C(c1cncc(NCc2ccccc2)c1)N1CCC2(CC1)OCCO2. The van der Waals surface area contributed by atoms with E-state index >= 15 is 0 Å². The van der Waals surface area contributed by atoms with E-state index in [-0.39, 0.29) is 5.91 Å². The fourth-order valence-corrected chi connectivity index (χ4v) is 3.47. The maximum Gasteiger partial charge on any atom is 0.255 e. The maximum atomic E-state index is 12.8. The summed E-state index contributed by atoms with van der Waals surface area (Å²) in [5, 5.41) is 3.33. The lowest BCUT2D eigenvalue weighted by Crippen LogP contribution is -2.47. The largest absolute Gasteiger partial charge is 0.380 e. The highest BCUT2D eigenvalue weighted by Gasteiger charge is 2.40. The molecule has 6 nitrogen and oxygen atoms in total. The predicted molar refractivity (Wildman–Crippen MR) is 97.8 cm³/mol. The number of likely N-dealkylation sites (tertiary alicyclic amines) is 1. The van der Waals surface area contributed by atoms with Crippen molar-refractivity contribution < 1.29 is 14.3 Å². The molecule has 1 amide bonds. The van der Waals surface area contributed by atoms with E-state index in [9.17, 15) is 4.79 Å². The predicted octanol–water partition coefficient (Wildman–Crippen LogP) is 2.67. The molecule has 2 aromatic rings. The number of carbonyl (C=O) groups excluding carboxylic acids is 1. The molecule has 136 valence electrons. The van der Waals surface area contributed by atoms with Crippen molar-refractivity contribution in [3.8, 4) is 0 Å². The minimum Gasteiger partial charge on any atom is -0.380 e. The zero-order valence-electron chi connectivity index (χ0n) is 14.7. The summed E-state index contributed by atoms with van der Waals surface area (Å²) in [6.45, 7) is 3.27. The Morgan fingerprint density at radius 1 is 1.12 bits per heavy atom. The summed E-state index contributed by atoms with van der Waals surface area (Å²) in [5.74, 6) is -0.456. The van der Waals surface area contributed by atoms with E-state index < -0.39 is 5.79 Å². The number of rotatable bonds is 4. The first-order valence-corrected chi connectivity index (χ1v) is 9.04. The van der Waals surface area contributed by atoms with Crippen molar-refractivity contribution in [3.05, 3.63) is 59.9 Å². The number of aromatic nitrogens is 1. The monoisotopic (exact) mass is 353 g/mol. The van der Waals surface area contributed by atoms with Crippen LogP contribution in [-0.2, 0) is 16.0 Å². The van der Waals surface area contributed by atoms with Crippen LogP contribution >= 0.6 is 0 Å². The Morgan fingerprint density at radius 3 is 2.58 bits per heavy atom. The first-order valence-electron chi connectivity index (χ1n) is 9.04. The van der Waals surface area contributed by atoms with Crippen molar-refractivity contribution in [3.63, 3.8) is 0 Å². The van der Waals surface area contributed by atoms with Gasteiger partial charge in [0, 0.05) is 44.9 Å². The highest BCUT2D eigenvalue weighted by molar-refractivity contribution is 5.94. The molecule has 0 bridgehead atoms. The minimum atomic E-state index is -0.464. The highest BCUT2D eigenvalue weighted by Crippen LogP contribution is 2.31. The van der Waals surface area contributed by atoms with Crippen molar-refractivity contribution in [2.24, 2.45) is 0 Å². The van der Waals surface area contributed by atoms with Gasteiger partial charge in [-0.1, -0.05) is 30.3 Å². The third-order valence-corrected chi connectivity index (χ3v) is 4.95. The Bertz CT molecular complexity index is 750. The van der Waals surface area contributed by atoms with E-state index in [0.717, 1.165) is 18.5 Å². The van der Waals surface area contributed by atoms with Crippen LogP contribution < -0.4 is 5.32 Å². The quantitative estimate of drug-likeness (QED) is 0.916. The lowest BCUT2D eigenvalue weighted by Gasteiger charge is -2.37. The second-order valence-electron chi connectivity index (χ2n) is 6.70. The second-order valence-corrected chi connectivity index (χ2v) is 6.70. The molecule has 0 atom stereocenters. The van der Waals surface area contributed by atoms with E-state index in [0.29, 0.717) is 38.4 Å². The van der Waals surface area contributed by atoms with Gasteiger partial charge >= 0.3 is 0 Å². The lowest BCUT2D eigenvalue weighted by atomic mass is 10.0. The zero-order valence-corrected chi connectivity index (χ0v) is 14.7. The average molecular weight is 353 g/mol. The summed E-state index contributed by atoms with van der Waals surface area (Å²) in [6, 6.07) is 12.0. The summed E-state index contributed by atoms with van der Waals surface area (Å²) in [4.78, 5) is 18.9. The molecule has 2 fully saturated rings. The number of amides is 1. The molecule has 1 spiro atoms. The summed E-state index contributed by atoms with van der Waals surface area (Å²) in [5.41, 5.74) is 2.63. The highest BCUT2D eigenvalue weighted by atomic mass is 16.7. The molecule has 2 saturated heterocycles. The number of piperidine rings is 1. The summed E-state index contributed by atoms with van der Waals surface area (Å²) < 4.78 is 11.5. The number of carbonyl (C=O) groups is 1. The molecule has 0 radical (unpaired) electrons. The number of nitrogens with one attached hydrogen (secondary N) is 1. The van der Waals surface area contributed by atoms with Crippen molar-refractivity contribution in [1.29, 1.82) is 0 Å². The van der Waals surface area contributed by atoms with Gasteiger partial charge in [0.2, 0.25) is 0 Å². The fourth-order valence-electron chi connectivity index (χ4n) is 3.47. The van der Waals surface area contributed by atoms with Crippen molar-refractivity contribution >= 4 is 11.6 Å². The van der Waals surface area contributed by atoms with Crippen LogP contribution in [0.5, 0.6) is 0 Å². The van der Waals surface area contributed by atoms with Crippen LogP contribution in [0.25, 0.3) is 0 Å². The first kappa shape index (κ1) is 17.0. The smallest absolute Gasteiger partial charge is 0.255 e.